The van der Waals surface area contributed by atoms with E-state index in [0.717, 1.165) is 19.0 Å². The molecule has 1 N–H and O–H groups in total. The molecular formula is C15H26N4. The molecule has 4 heteroatoms. The van der Waals surface area contributed by atoms with Crippen molar-refractivity contribution >= 4 is 0 Å². The predicted molar refractivity (Wildman–Crippen MR) is 77.0 cm³/mol. The third-order valence-electron chi connectivity index (χ3n) is 4.79. The number of piperidine rings is 1. The standard InChI is InChI=1S/C15H26N4/c1-3-12-10-13(18(2)17-12)11-16-14-7-9-19-8-5-4-6-15(14)19/h10,14-16H,3-9,11H2,1-2H3. The minimum Gasteiger partial charge on any atom is -0.307 e. The molecule has 2 atom stereocenters. The molecule has 2 aliphatic rings. The van der Waals surface area contributed by atoms with Crippen LogP contribution >= 0.6 is 0 Å². The molecule has 2 saturated heterocycles. The maximum atomic E-state index is 4.52. The topological polar surface area (TPSA) is 33.1 Å². The molecule has 2 fully saturated rings. The fourth-order valence-electron chi connectivity index (χ4n) is 3.63. The van der Waals surface area contributed by atoms with Crippen LogP contribution in [0.15, 0.2) is 6.07 Å². The maximum Gasteiger partial charge on any atom is 0.0625 e. The summed E-state index contributed by atoms with van der Waals surface area (Å²) in [5.74, 6) is 0. The Kier molecular flexibility index (Phi) is 3.89. The largest absolute Gasteiger partial charge is 0.307 e. The summed E-state index contributed by atoms with van der Waals surface area (Å²) in [4.78, 5) is 2.68. The van der Waals surface area contributed by atoms with Crippen molar-refractivity contribution in [2.24, 2.45) is 7.05 Å². The Hall–Kier alpha value is -0.870. The lowest BCUT2D eigenvalue weighted by atomic mass is 9.99. The molecule has 0 aliphatic carbocycles. The predicted octanol–water partition coefficient (Wildman–Crippen LogP) is 1.70. The molecule has 3 heterocycles. The number of nitrogens with one attached hydrogen (secondary N) is 1. The van der Waals surface area contributed by atoms with Gasteiger partial charge in [-0.15, -0.1) is 0 Å². The average molecular weight is 262 g/mol. The minimum atomic E-state index is 0.681. The average Bonchev–Trinajstić information content (AvgIpc) is 3.00. The summed E-state index contributed by atoms with van der Waals surface area (Å²) in [6.45, 7) is 5.72. The molecule has 0 bridgehead atoms. The van der Waals surface area contributed by atoms with Crippen molar-refractivity contribution in [3.8, 4) is 0 Å². The number of nitrogens with zero attached hydrogens (tertiary/aromatic N) is 3. The first kappa shape index (κ1) is 13.1. The molecular weight excluding hydrogens is 236 g/mol. The highest BCUT2D eigenvalue weighted by molar-refractivity contribution is 5.10. The highest BCUT2D eigenvalue weighted by Crippen LogP contribution is 2.27. The summed E-state index contributed by atoms with van der Waals surface area (Å²) < 4.78 is 2.03. The lowest BCUT2D eigenvalue weighted by molar-refractivity contribution is 0.180. The lowest BCUT2D eigenvalue weighted by Gasteiger charge is -2.32. The SMILES string of the molecule is CCc1cc(CNC2CCN3CCCCC23)n(C)n1. The minimum absolute atomic E-state index is 0.681. The van der Waals surface area contributed by atoms with Crippen LogP contribution < -0.4 is 5.32 Å². The van der Waals surface area contributed by atoms with Gasteiger partial charge in [0.25, 0.3) is 0 Å². The number of aromatic nitrogens is 2. The molecule has 2 unspecified atom stereocenters. The number of hydrogen-bond donors (Lipinski definition) is 1. The van der Waals surface area contributed by atoms with Crippen LogP contribution in [0.2, 0.25) is 0 Å². The van der Waals surface area contributed by atoms with E-state index in [1.165, 1.54) is 50.2 Å². The molecule has 2 aliphatic heterocycles. The van der Waals surface area contributed by atoms with E-state index in [2.05, 4.69) is 35.4 Å². The summed E-state index contributed by atoms with van der Waals surface area (Å²) in [7, 11) is 2.05. The van der Waals surface area contributed by atoms with Crippen LogP contribution in [0.3, 0.4) is 0 Å². The van der Waals surface area contributed by atoms with Crippen molar-refractivity contribution in [1.29, 1.82) is 0 Å². The van der Waals surface area contributed by atoms with Crippen LogP contribution in [0, 0.1) is 0 Å². The van der Waals surface area contributed by atoms with Crippen molar-refractivity contribution in [2.45, 2.75) is 57.7 Å². The van der Waals surface area contributed by atoms with E-state index in [1.807, 2.05) is 4.68 Å². The van der Waals surface area contributed by atoms with Crippen molar-refractivity contribution in [1.82, 2.24) is 20.0 Å². The second-order valence-electron chi connectivity index (χ2n) is 5.98. The maximum absolute atomic E-state index is 4.52. The van der Waals surface area contributed by atoms with E-state index in [-0.39, 0.29) is 0 Å². The van der Waals surface area contributed by atoms with Gasteiger partial charge in [0.1, 0.15) is 0 Å². The van der Waals surface area contributed by atoms with Crippen molar-refractivity contribution in [2.75, 3.05) is 13.1 Å². The second-order valence-corrected chi connectivity index (χ2v) is 5.98. The van der Waals surface area contributed by atoms with Gasteiger partial charge in [-0.3, -0.25) is 9.58 Å². The Morgan fingerprint density at radius 3 is 3.00 bits per heavy atom. The van der Waals surface area contributed by atoms with Crippen LogP contribution in [0.1, 0.15) is 44.0 Å². The van der Waals surface area contributed by atoms with E-state index in [1.54, 1.807) is 0 Å². The van der Waals surface area contributed by atoms with E-state index < -0.39 is 0 Å². The van der Waals surface area contributed by atoms with Gasteiger partial charge >= 0.3 is 0 Å². The van der Waals surface area contributed by atoms with Gasteiger partial charge in [0.05, 0.1) is 11.4 Å². The molecule has 0 amide bonds. The number of aryl methyl sites for hydroxylation is 2. The monoisotopic (exact) mass is 262 g/mol. The third-order valence-corrected chi connectivity index (χ3v) is 4.79. The lowest BCUT2D eigenvalue weighted by Crippen LogP contribution is -2.44. The molecule has 19 heavy (non-hydrogen) atoms. The Labute approximate surface area is 116 Å². The third kappa shape index (κ3) is 2.70. The van der Waals surface area contributed by atoms with Gasteiger partial charge < -0.3 is 5.32 Å². The molecule has 1 aromatic heterocycles. The first-order chi connectivity index (χ1) is 9.28. The summed E-state index contributed by atoms with van der Waals surface area (Å²) in [6, 6.07) is 3.70. The molecule has 1 aromatic rings. The van der Waals surface area contributed by atoms with E-state index >= 15 is 0 Å². The van der Waals surface area contributed by atoms with Gasteiger partial charge in [-0.2, -0.15) is 5.10 Å². The molecule has 0 spiro atoms. The van der Waals surface area contributed by atoms with Gasteiger partial charge in [0.2, 0.25) is 0 Å². The van der Waals surface area contributed by atoms with Crippen molar-refractivity contribution < 1.29 is 0 Å². The van der Waals surface area contributed by atoms with Gasteiger partial charge in [0, 0.05) is 32.2 Å². The summed E-state index contributed by atoms with van der Waals surface area (Å²) in [6.07, 6.45) is 6.51. The molecule has 4 nitrogen and oxygen atoms in total. The zero-order chi connectivity index (χ0) is 13.2. The second kappa shape index (κ2) is 5.63. The van der Waals surface area contributed by atoms with Gasteiger partial charge in [-0.05, 0) is 38.3 Å². The summed E-state index contributed by atoms with van der Waals surface area (Å²) in [5.41, 5.74) is 2.51. The number of rotatable bonds is 4. The van der Waals surface area contributed by atoms with Crippen LogP contribution in [0.5, 0.6) is 0 Å². The van der Waals surface area contributed by atoms with Crippen molar-refractivity contribution in [3.63, 3.8) is 0 Å². The van der Waals surface area contributed by atoms with Gasteiger partial charge in [-0.25, -0.2) is 0 Å². The zero-order valence-corrected chi connectivity index (χ0v) is 12.2. The number of fused-ring (bicyclic) bond motifs is 1. The van der Waals surface area contributed by atoms with E-state index in [4.69, 9.17) is 0 Å². The molecule has 0 aromatic carbocycles. The van der Waals surface area contributed by atoms with Crippen LogP contribution in [-0.2, 0) is 20.0 Å². The fourth-order valence-corrected chi connectivity index (χ4v) is 3.63. The highest BCUT2D eigenvalue weighted by atomic mass is 15.3. The van der Waals surface area contributed by atoms with Crippen LogP contribution in [0.25, 0.3) is 0 Å². The molecule has 106 valence electrons. The Bertz CT molecular complexity index is 426. The fraction of sp³-hybridized carbons (Fsp3) is 0.800. The molecule has 0 radical (unpaired) electrons. The molecule has 3 rings (SSSR count). The smallest absolute Gasteiger partial charge is 0.0625 e. The van der Waals surface area contributed by atoms with Crippen LogP contribution in [0.4, 0.5) is 0 Å². The quantitative estimate of drug-likeness (QED) is 0.896. The molecule has 0 saturated carbocycles. The van der Waals surface area contributed by atoms with Gasteiger partial charge in [-0.1, -0.05) is 13.3 Å². The summed E-state index contributed by atoms with van der Waals surface area (Å²) >= 11 is 0. The highest BCUT2D eigenvalue weighted by Gasteiger charge is 2.34. The van der Waals surface area contributed by atoms with Crippen molar-refractivity contribution in [3.05, 3.63) is 17.5 Å². The first-order valence-electron chi connectivity index (χ1n) is 7.77. The number of hydrogen-bond acceptors (Lipinski definition) is 3. The first-order valence-corrected chi connectivity index (χ1v) is 7.77. The normalized spacial score (nSPS) is 27.7. The van der Waals surface area contributed by atoms with Gasteiger partial charge in [0.15, 0.2) is 0 Å². The Morgan fingerprint density at radius 2 is 2.21 bits per heavy atom. The summed E-state index contributed by atoms with van der Waals surface area (Å²) in [5, 5.41) is 8.29. The van der Waals surface area contributed by atoms with Crippen LogP contribution in [-0.4, -0.2) is 39.9 Å². The van der Waals surface area contributed by atoms with E-state index in [0.29, 0.717) is 6.04 Å². The van der Waals surface area contributed by atoms with E-state index in [9.17, 15) is 0 Å². The Balaban J connectivity index is 1.58. The zero-order valence-electron chi connectivity index (χ0n) is 12.2. The Morgan fingerprint density at radius 1 is 1.32 bits per heavy atom.